The number of benzene rings is 1. The quantitative estimate of drug-likeness (QED) is 0.643. The van der Waals surface area contributed by atoms with Crippen LogP contribution in [0.1, 0.15) is 37.7 Å². The molecule has 5 rings (SSSR count). The third-order valence-electron chi connectivity index (χ3n) is 7.47. The van der Waals surface area contributed by atoms with Gasteiger partial charge in [0.15, 0.2) is 5.96 Å². The minimum Gasteiger partial charge on any atom is -0.481 e. The van der Waals surface area contributed by atoms with E-state index in [0.717, 1.165) is 56.0 Å². The Morgan fingerprint density at radius 1 is 1.30 bits per heavy atom. The monoisotopic (exact) mass is 448 g/mol. The van der Waals surface area contributed by atoms with E-state index in [1.807, 2.05) is 29.2 Å². The van der Waals surface area contributed by atoms with Crippen LogP contribution < -0.4 is 10.6 Å². The Kier molecular flexibility index (Phi) is 6.20. The van der Waals surface area contributed by atoms with E-state index in [0.29, 0.717) is 25.4 Å². The Morgan fingerprint density at radius 3 is 3.03 bits per heavy atom. The topological polar surface area (TPSA) is 94.0 Å². The molecule has 1 fully saturated rings. The lowest BCUT2D eigenvalue weighted by molar-refractivity contribution is -0.139. The normalized spacial score (nSPS) is 26.2. The smallest absolute Gasteiger partial charge is 0.303 e. The molecule has 174 valence electrons. The van der Waals surface area contributed by atoms with Crippen molar-refractivity contribution in [2.24, 2.45) is 22.7 Å². The summed E-state index contributed by atoms with van der Waals surface area (Å²) < 4.78 is 0. The van der Waals surface area contributed by atoms with Crippen LogP contribution in [-0.4, -0.2) is 54.0 Å². The number of aliphatic imine (C=N–C) groups is 1. The van der Waals surface area contributed by atoms with Crippen molar-refractivity contribution in [3.8, 4) is 0 Å². The highest BCUT2D eigenvalue weighted by Gasteiger charge is 2.45. The van der Waals surface area contributed by atoms with Gasteiger partial charge >= 0.3 is 5.97 Å². The Morgan fingerprint density at radius 2 is 2.21 bits per heavy atom. The number of nitrogens with one attached hydrogen (secondary N) is 2. The Bertz CT molecular complexity index is 1030. The van der Waals surface area contributed by atoms with E-state index >= 15 is 0 Å². The molecule has 1 aromatic carbocycles. The molecule has 1 aromatic rings. The number of carboxylic acid groups (broad SMARTS) is 1. The summed E-state index contributed by atoms with van der Waals surface area (Å²) in [5, 5.41) is 16.0. The maximum atomic E-state index is 13.2. The van der Waals surface area contributed by atoms with Gasteiger partial charge in [-0.15, -0.1) is 0 Å². The highest BCUT2D eigenvalue weighted by atomic mass is 16.4. The Labute approximate surface area is 194 Å². The number of carbonyl (C=O) groups is 2. The second-order valence-electron chi connectivity index (χ2n) is 9.54. The molecular formula is C26H32N4O3. The maximum Gasteiger partial charge on any atom is 0.303 e. The van der Waals surface area contributed by atoms with E-state index in [1.165, 1.54) is 11.1 Å². The minimum atomic E-state index is -0.719. The summed E-state index contributed by atoms with van der Waals surface area (Å²) in [6.07, 6.45) is 8.85. The number of fused-ring (bicyclic) bond motifs is 2. The van der Waals surface area contributed by atoms with Gasteiger partial charge in [0.2, 0.25) is 5.91 Å². The fraction of sp³-hybridized carbons (Fsp3) is 0.500. The van der Waals surface area contributed by atoms with Gasteiger partial charge in [-0.25, -0.2) is 0 Å². The van der Waals surface area contributed by atoms with Gasteiger partial charge in [-0.05, 0) is 60.8 Å². The molecule has 0 bridgehead atoms. The number of hydrogen-bond acceptors (Lipinski definition) is 5. The molecule has 1 saturated heterocycles. The van der Waals surface area contributed by atoms with E-state index < -0.39 is 5.97 Å². The highest BCUT2D eigenvalue weighted by Crippen LogP contribution is 2.50. The summed E-state index contributed by atoms with van der Waals surface area (Å²) >= 11 is 0. The van der Waals surface area contributed by atoms with Crippen molar-refractivity contribution < 1.29 is 14.7 Å². The molecular weight excluding hydrogens is 416 g/mol. The molecule has 2 unspecified atom stereocenters. The number of anilines is 1. The van der Waals surface area contributed by atoms with Gasteiger partial charge in [0.25, 0.3) is 0 Å². The summed E-state index contributed by atoms with van der Waals surface area (Å²) in [5.41, 5.74) is 4.56. The molecule has 0 spiro atoms. The third-order valence-corrected chi connectivity index (χ3v) is 7.47. The van der Waals surface area contributed by atoms with Crippen LogP contribution >= 0.6 is 0 Å². The van der Waals surface area contributed by atoms with Crippen molar-refractivity contribution in [2.75, 3.05) is 31.5 Å². The number of piperidine rings is 1. The van der Waals surface area contributed by atoms with Crippen LogP contribution in [0.2, 0.25) is 0 Å². The predicted octanol–water partition coefficient (Wildman–Crippen LogP) is 3.21. The van der Waals surface area contributed by atoms with E-state index in [1.54, 1.807) is 0 Å². The van der Waals surface area contributed by atoms with E-state index in [9.17, 15) is 14.7 Å². The lowest BCUT2D eigenvalue weighted by Gasteiger charge is -2.38. The molecule has 0 saturated carbocycles. The molecule has 2 heterocycles. The summed E-state index contributed by atoms with van der Waals surface area (Å²) in [6, 6.07) is 7.97. The fourth-order valence-electron chi connectivity index (χ4n) is 5.99. The van der Waals surface area contributed by atoms with E-state index in [4.69, 9.17) is 0 Å². The van der Waals surface area contributed by atoms with Crippen LogP contribution in [0.5, 0.6) is 0 Å². The van der Waals surface area contributed by atoms with Crippen molar-refractivity contribution in [1.82, 2.24) is 10.2 Å². The molecule has 7 heteroatoms. The zero-order valence-electron chi connectivity index (χ0n) is 18.9. The summed E-state index contributed by atoms with van der Waals surface area (Å²) in [6.45, 7) is 3.15. The summed E-state index contributed by atoms with van der Waals surface area (Å²) in [4.78, 5) is 31.2. The molecule has 7 nitrogen and oxygen atoms in total. The number of nitrogens with zero attached hydrogens (tertiary/aromatic N) is 2. The van der Waals surface area contributed by atoms with Gasteiger partial charge in [-0.2, -0.15) is 0 Å². The number of carboxylic acids is 1. The highest BCUT2D eigenvalue weighted by molar-refractivity contribution is 5.94. The van der Waals surface area contributed by atoms with Crippen molar-refractivity contribution >= 4 is 23.5 Å². The third kappa shape index (κ3) is 4.68. The van der Waals surface area contributed by atoms with E-state index in [2.05, 4.69) is 27.8 Å². The SMILES string of the molecule is O=C(O)C[C@H]1C2=C(C=CCC2)C2CN(C(=O)Cc3cccc(NC4=NCCCN4)c3)CCC21. The minimum absolute atomic E-state index is 0.128. The number of hydrogen-bond donors (Lipinski definition) is 3. The number of amides is 1. The predicted molar refractivity (Wildman–Crippen MR) is 128 cm³/mol. The van der Waals surface area contributed by atoms with Crippen LogP contribution in [-0.2, 0) is 16.0 Å². The first-order chi connectivity index (χ1) is 16.1. The number of guanidine groups is 1. The average Bonchev–Trinajstić information content (AvgIpc) is 3.12. The Balaban J connectivity index is 1.25. The fourth-order valence-corrected chi connectivity index (χ4v) is 5.99. The Hall–Kier alpha value is -3.09. The van der Waals surface area contributed by atoms with Crippen LogP contribution in [0.15, 0.2) is 52.6 Å². The molecule has 3 N–H and O–H groups in total. The van der Waals surface area contributed by atoms with Crippen LogP contribution in [0.4, 0.5) is 5.69 Å². The van der Waals surface area contributed by atoms with Gasteiger partial charge in [0.05, 0.1) is 12.8 Å². The van der Waals surface area contributed by atoms with Crippen molar-refractivity contribution in [1.29, 1.82) is 0 Å². The largest absolute Gasteiger partial charge is 0.481 e. The van der Waals surface area contributed by atoms with Crippen molar-refractivity contribution in [2.45, 2.75) is 38.5 Å². The molecule has 33 heavy (non-hydrogen) atoms. The summed E-state index contributed by atoms with van der Waals surface area (Å²) in [5.74, 6) is 0.944. The number of carbonyl (C=O) groups excluding carboxylic acids is 1. The van der Waals surface area contributed by atoms with E-state index in [-0.39, 0.29) is 24.2 Å². The standard InChI is InChI=1S/C26H32N4O3/c31-24(14-17-5-3-6-18(13-17)29-26-27-10-4-11-28-26)30-12-9-21-22(15-25(32)33)19-7-1-2-8-20(19)23(21)16-30/h2-3,5-6,8,13,21-23H,1,4,7,9-12,14-16H2,(H,32,33)(H2,27,28,29)/t21?,22-,23?/m0/s1. The lowest BCUT2D eigenvalue weighted by Crippen LogP contribution is -2.45. The van der Waals surface area contributed by atoms with Gasteiger partial charge < -0.3 is 20.6 Å². The first-order valence-electron chi connectivity index (χ1n) is 12.1. The van der Waals surface area contributed by atoms with Crippen LogP contribution in [0.25, 0.3) is 0 Å². The zero-order valence-corrected chi connectivity index (χ0v) is 18.9. The molecule has 0 aromatic heterocycles. The maximum absolute atomic E-state index is 13.2. The molecule has 0 radical (unpaired) electrons. The van der Waals surface area contributed by atoms with Gasteiger partial charge in [0, 0.05) is 37.8 Å². The van der Waals surface area contributed by atoms with Crippen molar-refractivity contribution in [3.63, 3.8) is 0 Å². The molecule has 1 amide bonds. The van der Waals surface area contributed by atoms with Gasteiger partial charge in [-0.1, -0.05) is 29.9 Å². The van der Waals surface area contributed by atoms with Crippen LogP contribution in [0, 0.1) is 17.8 Å². The number of likely N-dealkylation sites (tertiary alicyclic amines) is 1. The number of allylic oxidation sites excluding steroid dienone is 3. The molecule has 4 aliphatic rings. The molecule has 2 aliphatic carbocycles. The van der Waals surface area contributed by atoms with Crippen LogP contribution in [0.3, 0.4) is 0 Å². The summed E-state index contributed by atoms with van der Waals surface area (Å²) in [7, 11) is 0. The first kappa shape index (κ1) is 21.7. The zero-order chi connectivity index (χ0) is 22.8. The first-order valence-corrected chi connectivity index (χ1v) is 12.1. The second kappa shape index (κ2) is 9.41. The lowest BCUT2D eigenvalue weighted by atomic mass is 9.78. The molecule has 3 atom stereocenters. The van der Waals surface area contributed by atoms with Gasteiger partial charge in [-0.3, -0.25) is 14.6 Å². The molecule has 2 aliphatic heterocycles. The van der Waals surface area contributed by atoms with Crippen molar-refractivity contribution in [3.05, 3.63) is 53.1 Å². The average molecular weight is 449 g/mol. The number of rotatable bonds is 5. The van der Waals surface area contributed by atoms with Gasteiger partial charge in [0.1, 0.15) is 0 Å². The number of aliphatic carboxylic acids is 1. The second-order valence-corrected chi connectivity index (χ2v) is 9.54.